The van der Waals surface area contributed by atoms with E-state index >= 15 is 0 Å². The van der Waals surface area contributed by atoms with Crippen molar-refractivity contribution in [3.8, 4) is 0 Å². The molecule has 1 heterocycles. The molecule has 5 rings (SSSR count). The first-order valence-corrected chi connectivity index (χ1v) is 14.1. The van der Waals surface area contributed by atoms with Crippen LogP contribution in [0.4, 0.5) is 0 Å². The van der Waals surface area contributed by atoms with Crippen molar-refractivity contribution in [2.45, 2.75) is 37.3 Å². The predicted molar refractivity (Wildman–Crippen MR) is 159 cm³/mol. The summed E-state index contributed by atoms with van der Waals surface area (Å²) in [6.07, 6.45) is -6.03. The van der Waals surface area contributed by atoms with E-state index < -0.39 is 48.6 Å². The summed E-state index contributed by atoms with van der Waals surface area (Å²) >= 11 is 0. The number of benzene rings is 4. The number of ether oxygens (including phenoxy) is 6. The molecule has 0 spiro atoms. The molecular weight excluding hydrogens is 564 g/mol. The number of rotatable bonds is 11. The Morgan fingerprint density at radius 2 is 0.977 bits per heavy atom. The minimum atomic E-state index is -1.33. The molecule has 4 aromatic carbocycles. The highest BCUT2D eigenvalue weighted by Gasteiger charge is 2.53. The first kappa shape index (κ1) is 30.6. The molecule has 0 radical (unpaired) electrons. The van der Waals surface area contributed by atoms with E-state index in [1.165, 1.54) is 7.11 Å². The maximum Gasteiger partial charge on any atom is 0.338 e. The maximum atomic E-state index is 13.4. The zero-order valence-corrected chi connectivity index (χ0v) is 24.0. The molecule has 1 saturated heterocycles. The molecule has 0 amide bonds. The Bertz CT molecular complexity index is 1500. The Balaban J connectivity index is 1.48. The van der Waals surface area contributed by atoms with Gasteiger partial charge in [0.15, 0.2) is 24.6 Å². The summed E-state index contributed by atoms with van der Waals surface area (Å²) in [5, 5.41) is 0. The van der Waals surface area contributed by atoms with E-state index in [4.69, 9.17) is 28.4 Å². The lowest BCUT2D eigenvalue weighted by Crippen LogP contribution is -2.62. The Labute approximate surface area is 255 Å². The summed E-state index contributed by atoms with van der Waals surface area (Å²) in [5.74, 6) is -2.09. The monoisotopic (exact) mass is 596 g/mol. The molecule has 0 N–H and O–H groups in total. The molecule has 5 atom stereocenters. The van der Waals surface area contributed by atoms with Gasteiger partial charge in [-0.1, -0.05) is 84.9 Å². The highest BCUT2D eigenvalue weighted by Crippen LogP contribution is 2.31. The average Bonchev–Trinajstić information content (AvgIpc) is 3.08. The van der Waals surface area contributed by atoms with Gasteiger partial charge >= 0.3 is 17.9 Å². The summed E-state index contributed by atoms with van der Waals surface area (Å²) in [6, 6.07) is 34.6. The summed E-state index contributed by atoms with van der Waals surface area (Å²) in [4.78, 5) is 40.0. The average molecular weight is 597 g/mol. The van der Waals surface area contributed by atoms with Gasteiger partial charge < -0.3 is 28.4 Å². The van der Waals surface area contributed by atoms with Gasteiger partial charge in [0.05, 0.1) is 29.9 Å². The quantitative estimate of drug-likeness (QED) is 0.170. The fourth-order valence-electron chi connectivity index (χ4n) is 4.77. The predicted octanol–water partition coefficient (Wildman–Crippen LogP) is 5.25. The zero-order valence-electron chi connectivity index (χ0n) is 24.0. The van der Waals surface area contributed by atoms with Crippen molar-refractivity contribution in [2.24, 2.45) is 0 Å². The van der Waals surface area contributed by atoms with Crippen molar-refractivity contribution >= 4 is 17.9 Å². The van der Waals surface area contributed by atoms with Crippen molar-refractivity contribution in [1.29, 1.82) is 0 Å². The number of hydrogen-bond acceptors (Lipinski definition) is 9. The Morgan fingerprint density at radius 1 is 0.568 bits per heavy atom. The van der Waals surface area contributed by atoms with E-state index in [2.05, 4.69) is 0 Å². The number of esters is 3. The topological polar surface area (TPSA) is 107 Å². The van der Waals surface area contributed by atoms with Gasteiger partial charge in [0, 0.05) is 7.11 Å². The van der Waals surface area contributed by atoms with Crippen molar-refractivity contribution in [3.05, 3.63) is 144 Å². The molecule has 0 unspecified atom stereocenters. The van der Waals surface area contributed by atoms with Crippen LogP contribution in [-0.4, -0.2) is 62.3 Å². The molecule has 9 heteroatoms. The van der Waals surface area contributed by atoms with Crippen LogP contribution in [0.25, 0.3) is 0 Å². The highest BCUT2D eigenvalue weighted by molar-refractivity contribution is 5.91. The van der Waals surface area contributed by atoms with Gasteiger partial charge in [-0.25, -0.2) is 14.4 Å². The second-order valence-electron chi connectivity index (χ2n) is 9.99. The third-order valence-electron chi connectivity index (χ3n) is 6.98. The second-order valence-corrected chi connectivity index (χ2v) is 9.99. The Kier molecular flexibility index (Phi) is 10.5. The van der Waals surface area contributed by atoms with E-state index in [9.17, 15) is 14.4 Å². The first-order chi connectivity index (χ1) is 21.5. The fraction of sp³-hybridized carbons (Fsp3) is 0.229. The van der Waals surface area contributed by atoms with Gasteiger partial charge in [0.25, 0.3) is 0 Å². The molecule has 4 aromatic rings. The third kappa shape index (κ3) is 7.76. The number of carbonyl (C=O) groups excluding carboxylic acids is 3. The fourth-order valence-corrected chi connectivity index (χ4v) is 4.77. The molecule has 0 aliphatic carbocycles. The number of methoxy groups -OCH3 is 1. The molecule has 0 bridgehead atoms. The van der Waals surface area contributed by atoms with Gasteiger partial charge in [0.1, 0.15) is 6.10 Å². The summed E-state index contributed by atoms with van der Waals surface area (Å²) in [7, 11) is 1.38. The minimum Gasteiger partial charge on any atom is -0.452 e. The lowest BCUT2D eigenvalue weighted by molar-refractivity contribution is -0.294. The molecular formula is C35H32O9. The molecule has 1 aliphatic heterocycles. The smallest absolute Gasteiger partial charge is 0.338 e. The van der Waals surface area contributed by atoms with E-state index in [0.29, 0.717) is 0 Å². The van der Waals surface area contributed by atoms with Crippen molar-refractivity contribution in [1.82, 2.24) is 0 Å². The third-order valence-corrected chi connectivity index (χ3v) is 6.98. The lowest BCUT2D eigenvalue weighted by atomic mass is 9.97. The lowest BCUT2D eigenvalue weighted by Gasteiger charge is -2.44. The Hall–Kier alpha value is -4.83. The molecule has 226 valence electrons. The van der Waals surface area contributed by atoms with E-state index in [-0.39, 0.29) is 29.9 Å². The molecule has 0 saturated carbocycles. The van der Waals surface area contributed by atoms with E-state index in [1.54, 1.807) is 91.0 Å². The largest absolute Gasteiger partial charge is 0.452 e. The van der Waals surface area contributed by atoms with E-state index in [1.807, 2.05) is 30.3 Å². The molecule has 44 heavy (non-hydrogen) atoms. The summed E-state index contributed by atoms with van der Waals surface area (Å²) in [6.45, 7) is 0.193. The van der Waals surface area contributed by atoms with Crippen LogP contribution in [0.3, 0.4) is 0 Å². The van der Waals surface area contributed by atoms with Crippen molar-refractivity contribution < 1.29 is 42.8 Å². The van der Waals surface area contributed by atoms with Gasteiger partial charge in [-0.2, -0.15) is 0 Å². The van der Waals surface area contributed by atoms with Gasteiger partial charge in [-0.15, -0.1) is 0 Å². The van der Waals surface area contributed by atoms with Crippen molar-refractivity contribution in [3.63, 3.8) is 0 Å². The van der Waals surface area contributed by atoms with Gasteiger partial charge in [0.2, 0.25) is 0 Å². The second kappa shape index (κ2) is 15.1. The van der Waals surface area contributed by atoms with E-state index in [0.717, 1.165) is 5.56 Å². The zero-order chi connectivity index (χ0) is 30.7. The van der Waals surface area contributed by atoms with Crippen LogP contribution in [0, 0.1) is 0 Å². The standard InChI is InChI=1S/C35H32O9/c1-39-35-31(44-34(38)27-20-12-5-13-21-27)30(43-33(37)26-18-10-4-11-19-26)29(42-32(36)25-16-8-3-9-17-25)28(41-35)23-40-22-24-14-6-2-7-15-24/h2-21,28-31,35H,22-23H2,1H3/t28-,29-,30+,31+,35+/m1/s1. The first-order valence-electron chi connectivity index (χ1n) is 14.1. The molecule has 0 aromatic heterocycles. The molecule has 9 nitrogen and oxygen atoms in total. The molecule has 1 aliphatic rings. The normalized spacial score (nSPS) is 21.2. The number of carbonyl (C=O) groups is 3. The van der Waals surface area contributed by atoms with Crippen LogP contribution in [-0.2, 0) is 35.0 Å². The van der Waals surface area contributed by atoms with Gasteiger partial charge in [-0.05, 0) is 42.0 Å². The van der Waals surface area contributed by atoms with Crippen LogP contribution in [0.15, 0.2) is 121 Å². The molecule has 1 fully saturated rings. The van der Waals surface area contributed by atoms with Crippen LogP contribution in [0.2, 0.25) is 0 Å². The van der Waals surface area contributed by atoms with Crippen LogP contribution >= 0.6 is 0 Å². The number of hydrogen-bond donors (Lipinski definition) is 0. The minimum absolute atomic E-state index is 0.0553. The van der Waals surface area contributed by atoms with Crippen LogP contribution in [0.5, 0.6) is 0 Å². The van der Waals surface area contributed by atoms with Gasteiger partial charge in [-0.3, -0.25) is 0 Å². The summed E-state index contributed by atoms with van der Waals surface area (Å²) in [5.41, 5.74) is 1.72. The SMILES string of the molecule is CO[C@H]1O[C@H](COCc2ccccc2)[C@@H](OC(=O)c2ccccc2)[C@H](OC(=O)c2ccccc2)[C@@H]1OC(=O)c1ccccc1. The van der Waals surface area contributed by atoms with Crippen molar-refractivity contribution in [2.75, 3.05) is 13.7 Å². The van der Waals surface area contributed by atoms with Crippen LogP contribution < -0.4 is 0 Å². The van der Waals surface area contributed by atoms with Crippen LogP contribution in [0.1, 0.15) is 36.6 Å². The maximum absolute atomic E-state index is 13.4. The highest BCUT2D eigenvalue weighted by atomic mass is 16.7. The Morgan fingerprint density at radius 3 is 1.43 bits per heavy atom. The summed E-state index contributed by atoms with van der Waals surface area (Å²) < 4.78 is 35.6.